The molecule has 0 amide bonds. The van der Waals surface area contributed by atoms with E-state index in [1.165, 1.54) is 4.73 Å². The Bertz CT molecular complexity index is 453. The van der Waals surface area contributed by atoms with Crippen molar-refractivity contribution >= 4 is 23.2 Å². The van der Waals surface area contributed by atoms with Gasteiger partial charge in [0.25, 0.3) is 0 Å². The second-order valence-corrected chi connectivity index (χ2v) is 4.16. The largest absolute Gasteiger partial charge is 0.267 e. The minimum atomic E-state index is 0.474. The summed E-state index contributed by atoms with van der Waals surface area (Å²) in [5.74, 6) is 0. The minimum Gasteiger partial charge on any atom is -0.267 e. The minimum absolute atomic E-state index is 0.474. The fourth-order valence-electron chi connectivity index (χ4n) is 1.28. The van der Waals surface area contributed by atoms with E-state index < -0.39 is 0 Å². The van der Waals surface area contributed by atoms with Crippen molar-refractivity contribution in [2.45, 2.75) is 6.61 Å². The van der Waals surface area contributed by atoms with Gasteiger partial charge < -0.3 is 0 Å². The van der Waals surface area contributed by atoms with Gasteiger partial charge in [0.1, 0.15) is 10.0 Å². The van der Waals surface area contributed by atoms with Crippen molar-refractivity contribution in [2.75, 3.05) is 0 Å². The van der Waals surface area contributed by atoms with Gasteiger partial charge in [-0.25, -0.2) is 0 Å². The molecule has 0 saturated heterocycles. The van der Waals surface area contributed by atoms with Crippen LogP contribution in [0.1, 0.15) is 5.56 Å². The Hall–Kier alpha value is -1.25. The van der Waals surface area contributed by atoms with Crippen LogP contribution in [0.4, 0.5) is 0 Å². The first-order chi connectivity index (χ1) is 7.74. The van der Waals surface area contributed by atoms with Crippen LogP contribution in [0.15, 0.2) is 48.8 Å². The van der Waals surface area contributed by atoms with E-state index in [9.17, 15) is 0 Å². The van der Waals surface area contributed by atoms with Gasteiger partial charge >= 0.3 is 0 Å². The van der Waals surface area contributed by atoms with Crippen molar-refractivity contribution in [3.05, 3.63) is 64.4 Å². The summed E-state index contributed by atoms with van der Waals surface area (Å²) in [5, 5.41) is 1.08. The SMILES string of the molecule is Clc1cc(Cl)c[n+](OCc2ccccc2)c1. The standard InChI is InChI=1S/C12H10Cl2NO/c13-11-6-12(14)8-15(7-11)16-9-10-4-2-1-3-5-10/h1-8H,9H2/q+1. The van der Waals surface area contributed by atoms with Crippen LogP contribution in [0.25, 0.3) is 0 Å². The zero-order valence-corrected chi connectivity index (χ0v) is 9.95. The first kappa shape index (κ1) is 11.2. The maximum Gasteiger partial charge on any atom is 0.241 e. The van der Waals surface area contributed by atoms with Gasteiger partial charge in [0.05, 0.1) is 0 Å². The predicted octanol–water partition coefficient (Wildman–Crippen LogP) is 2.91. The van der Waals surface area contributed by atoms with Crippen LogP contribution in [0, 0.1) is 0 Å². The predicted molar refractivity (Wildman–Crippen MR) is 63.4 cm³/mol. The molecule has 2 rings (SSSR count). The molecule has 0 saturated carbocycles. The number of pyridine rings is 1. The summed E-state index contributed by atoms with van der Waals surface area (Å²) in [6.07, 6.45) is 3.33. The number of nitrogens with zero attached hydrogens (tertiary/aromatic N) is 1. The van der Waals surface area contributed by atoms with E-state index in [4.69, 9.17) is 28.0 Å². The molecule has 82 valence electrons. The highest BCUT2D eigenvalue weighted by Gasteiger charge is 2.06. The Morgan fingerprint density at radius 1 is 1.00 bits per heavy atom. The Balaban J connectivity index is 2.05. The molecule has 0 atom stereocenters. The number of halogens is 2. The third-order valence-corrected chi connectivity index (χ3v) is 2.41. The fraction of sp³-hybridized carbons (Fsp3) is 0.0833. The van der Waals surface area contributed by atoms with Gasteiger partial charge in [-0.15, -0.1) is 0 Å². The van der Waals surface area contributed by atoms with E-state index in [2.05, 4.69) is 0 Å². The maximum absolute atomic E-state index is 5.85. The zero-order valence-electron chi connectivity index (χ0n) is 8.44. The summed E-state index contributed by atoms with van der Waals surface area (Å²) in [7, 11) is 0. The molecule has 0 N–H and O–H groups in total. The van der Waals surface area contributed by atoms with E-state index in [1.807, 2.05) is 30.3 Å². The second kappa shape index (κ2) is 5.19. The summed E-state index contributed by atoms with van der Waals surface area (Å²) in [6.45, 7) is 0.474. The molecular weight excluding hydrogens is 245 g/mol. The first-order valence-electron chi connectivity index (χ1n) is 4.78. The highest BCUT2D eigenvalue weighted by Crippen LogP contribution is 2.11. The Kier molecular flexibility index (Phi) is 3.65. The van der Waals surface area contributed by atoms with Gasteiger partial charge in [0, 0.05) is 4.73 Å². The quantitative estimate of drug-likeness (QED) is 0.768. The number of hydrogen-bond donors (Lipinski definition) is 0. The van der Waals surface area contributed by atoms with E-state index in [-0.39, 0.29) is 0 Å². The molecule has 0 spiro atoms. The van der Waals surface area contributed by atoms with E-state index in [0.717, 1.165) is 5.56 Å². The van der Waals surface area contributed by atoms with Gasteiger partial charge in [-0.1, -0.05) is 53.5 Å². The van der Waals surface area contributed by atoms with Crippen molar-refractivity contribution < 1.29 is 9.57 Å². The van der Waals surface area contributed by atoms with E-state index in [0.29, 0.717) is 16.7 Å². The van der Waals surface area contributed by atoms with Crippen molar-refractivity contribution in [2.24, 2.45) is 0 Å². The topological polar surface area (TPSA) is 13.1 Å². The molecule has 2 nitrogen and oxygen atoms in total. The van der Waals surface area contributed by atoms with Crippen molar-refractivity contribution in [3.8, 4) is 0 Å². The molecule has 2 aromatic rings. The molecule has 0 aliphatic carbocycles. The molecule has 0 aliphatic heterocycles. The molecule has 16 heavy (non-hydrogen) atoms. The van der Waals surface area contributed by atoms with Crippen molar-refractivity contribution in [3.63, 3.8) is 0 Å². The van der Waals surface area contributed by atoms with Crippen LogP contribution in [-0.4, -0.2) is 0 Å². The van der Waals surface area contributed by atoms with Crippen LogP contribution in [0.3, 0.4) is 0 Å². The summed E-state index contributed by atoms with van der Waals surface area (Å²) in [4.78, 5) is 5.50. The van der Waals surface area contributed by atoms with Crippen molar-refractivity contribution in [1.29, 1.82) is 0 Å². The van der Waals surface area contributed by atoms with Gasteiger partial charge in [-0.2, -0.15) is 0 Å². The van der Waals surface area contributed by atoms with Crippen LogP contribution >= 0.6 is 23.2 Å². The Morgan fingerprint density at radius 2 is 1.62 bits per heavy atom. The molecule has 1 aromatic carbocycles. The van der Waals surface area contributed by atoms with E-state index in [1.54, 1.807) is 18.5 Å². The molecule has 0 fully saturated rings. The van der Waals surface area contributed by atoms with E-state index >= 15 is 0 Å². The highest BCUT2D eigenvalue weighted by molar-refractivity contribution is 6.34. The van der Waals surface area contributed by atoms with Crippen LogP contribution in [-0.2, 0) is 6.61 Å². The third-order valence-electron chi connectivity index (χ3n) is 2.00. The maximum atomic E-state index is 5.85. The molecule has 0 radical (unpaired) electrons. The summed E-state index contributed by atoms with van der Waals surface area (Å²) in [6, 6.07) is 11.5. The number of hydrogen-bond acceptors (Lipinski definition) is 1. The fourth-order valence-corrected chi connectivity index (χ4v) is 1.77. The lowest BCUT2D eigenvalue weighted by Crippen LogP contribution is -2.41. The average molecular weight is 255 g/mol. The highest BCUT2D eigenvalue weighted by atomic mass is 35.5. The lowest BCUT2D eigenvalue weighted by molar-refractivity contribution is -0.895. The van der Waals surface area contributed by atoms with Gasteiger partial charge in [-0.3, -0.25) is 4.84 Å². The smallest absolute Gasteiger partial charge is 0.241 e. The molecule has 0 aliphatic rings. The lowest BCUT2D eigenvalue weighted by Gasteiger charge is -1.99. The molecule has 0 unspecified atom stereocenters. The van der Waals surface area contributed by atoms with Crippen LogP contribution in [0.5, 0.6) is 0 Å². The molecular formula is C12H10Cl2NO+. The van der Waals surface area contributed by atoms with Gasteiger partial charge in [0.15, 0.2) is 6.61 Å². The zero-order chi connectivity index (χ0) is 11.4. The van der Waals surface area contributed by atoms with Crippen molar-refractivity contribution in [1.82, 2.24) is 0 Å². The Morgan fingerprint density at radius 3 is 2.25 bits per heavy atom. The second-order valence-electron chi connectivity index (χ2n) is 3.29. The average Bonchev–Trinajstić information content (AvgIpc) is 2.27. The van der Waals surface area contributed by atoms with Gasteiger partial charge in [0.2, 0.25) is 12.4 Å². The lowest BCUT2D eigenvalue weighted by atomic mass is 10.2. The number of rotatable bonds is 3. The molecule has 0 bridgehead atoms. The molecule has 4 heteroatoms. The third kappa shape index (κ3) is 3.12. The monoisotopic (exact) mass is 254 g/mol. The number of benzene rings is 1. The molecule has 1 heterocycles. The molecule has 1 aromatic heterocycles. The summed E-state index contributed by atoms with van der Waals surface area (Å²) >= 11 is 11.7. The Labute approximate surface area is 104 Å². The van der Waals surface area contributed by atoms with Gasteiger partial charge in [-0.05, 0) is 11.6 Å². The van der Waals surface area contributed by atoms with Crippen LogP contribution in [0.2, 0.25) is 10.0 Å². The van der Waals surface area contributed by atoms with Crippen LogP contribution < -0.4 is 9.57 Å². The first-order valence-corrected chi connectivity index (χ1v) is 5.54. The normalized spacial score (nSPS) is 10.1. The summed E-state index contributed by atoms with van der Waals surface area (Å²) < 4.78 is 1.51. The number of aromatic nitrogens is 1. The summed E-state index contributed by atoms with van der Waals surface area (Å²) in [5.41, 5.74) is 1.09.